The molecule has 0 aliphatic carbocycles. The van der Waals surface area contributed by atoms with Crippen molar-refractivity contribution in [2.24, 2.45) is 0 Å². The Morgan fingerprint density at radius 3 is 1.90 bits per heavy atom. The van der Waals surface area contributed by atoms with Crippen LogP contribution < -0.4 is 0 Å². The van der Waals surface area contributed by atoms with Gasteiger partial charge in [-0.05, 0) is 41.9 Å². The summed E-state index contributed by atoms with van der Waals surface area (Å²) in [5.74, 6) is 0. The predicted octanol–water partition coefficient (Wildman–Crippen LogP) is 4.12. The number of nitrogens with zero attached hydrogens (tertiary/aromatic N) is 2. The van der Waals surface area contributed by atoms with E-state index in [0.29, 0.717) is 6.54 Å². The van der Waals surface area contributed by atoms with Gasteiger partial charge in [0.05, 0.1) is 5.56 Å². The number of halogens is 3. The van der Waals surface area contributed by atoms with Crippen molar-refractivity contribution in [3.05, 3.63) is 65.5 Å². The van der Waals surface area contributed by atoms with Gasteiger partial charge >= 0.3 is 6.18 Å². The Bertz CT molecular complexity index is 550. The molecule has 2 aromatic rings. The fourth-order valence-electron chi connectivity index (χ4n) is 2.08. The molecule has 0 amide bonds. The highest BCUT2D eigenvalue weighted by atomic mass is 19.4. The Balaban J connectivity index is 2.02. The van der Waals surface area contributed by atoms with Gasteiger partial charge in [0.25, 0.3) is 0 Å². The van der Waals surface area contributed by atoms with Gasteiger partial charge in [-0.2, -0.15) is 13.2 Å². The average molecular weight is 294 g/mol. The van der Waals surface area contributed by atoms with Crippen molar-refractivity contribution in [3.8, 4) is 0 Å². The molecule has 5 heteroatoms. The zero-order valence-electron chi connectivity index (χ0n) is 11.8. The molecule has 0 aliphatic rings. The molecular weight excluding hydrogens is 277 g/mol. The molecule has 0 radical (unpaired) electrons. The number of hydrogen-bond acceptors (Lipinski definition) is 2. The highest BCUT2D eigenvalue weighted by molar-refractivity contribution is 5.24. The third kappa shape index (κ3) is 4.56. The second kappa shape index (κ2) is 6.72. The molecule has 0 N–H and O–H groups in total. The Morgan fingerprint density at radius 2 is 1.43 bits per heavy atom. The lowest BCUT2D eigenvalue weighted by Crippen LogP contribution is -2.22. The van der Waals surface area contributed by atoms with E-state index in [-0.39, 0.29) is 0 Å². The van der Waals surface area contributed by atoms with Crippen molar-refractivity contribution in [2.75, 3.05) is 6.54 Å². The zero-order valence-corrected chi connectivity index (χ0v) is 11.8. The minimum Gasteiger partial charge on any atom is -0.295 e. The molecule has 0 bridgehead atoms. The van der Waals surface area contributed by atoms with Crippen LogP contribution in [0.2, 0.25) is 0 Å². The van der Waals surface area contributed by atoms with Crippen LogP contribution in [0.5, 0.6) is 0 Å². The quantitative estimate of drug-likeness (QED) is 0.824. The summed E-state index contributed by atoms with van der Waals surface area (Å²) in [5, 5.41) is 0. The van der Waals surface area contributed by atoms with Gasteiger partial charge in [-0.25, -0.2) is 0 Å². The largest absolute Gasteiger partial charge is 0.416 e. The Labute approximate surface area is 122 Å². The molecule has 0 unspecified atom stereocenters. The maximum atomic E-state index is 12.5. The van der Waals surface area contributed by atoms with Gasteiger partial charge in [0.2, 0.25) is 0 Å². The monoisotopic (exact) mass is 294 g/mol. The first-order chi connectivity index (χ1) is 9.99. The van der Waals surface area contributed by atoms with E-state index in [0.717, 1.165) is 36.3 Å². The second-order valence-corrected chi connectivity index (χ2v) is 4.85. The summed E-state index contributed by atoms with van der Waals surface area (Å²) in [6.07, 6.45) is -0.803. The van der Waals surface area contributed by atoms with Gasteiger partial charge in [0, 0.05) is 25.5 Å². The minimum absolute atomic E-state index is 0.608. The number of pyridine rings is 1. The van der Waals surface area contributed by atoms with Gasteiger partial charge in [-0.3, -0.25) is 9.88 Å². The van der Waals surface area contributed by atoms with Gasteiger partial charge in [0.1, 0.15) is 0 Å². The molecule has 0 saturated heterocycles. The lowest BCUT2D eigenvalue weighted by Gasteiger charge is -2.20. The summed E-state index contributed by atoms with van der Waals surface area (Å²) in [4.78, 5) is 6.13. The normalized spacial score (nSPS) is 11.9. The number of benzene rings is 1. The fourth-order valence-corrected chi connectivity index (χ4v) is 2.08. The molecule has 112 valence electrons. The molecule has 0 spiro atoms. The molecule has 1 aromatic heterocycles. The smallest absolute Gasteiger partial charge is 0.295 e. The molecule has 0 atom stereocenters. The van der Waals surface area contributed by atoms with Crippen molar-refractivity contribution in [2.45, 2.75) is 26.2 Å². The molecular formula is C16H17F3N2. The van der Waals surface area contributed by atoms with Gasteiger partial charge < -0.3 is 0 Å². The lowest BCUT2D eigenvalue weighted by molar-refractivity contribution is -0.137. The number of alkyl halides is 3. The van der Waals surface area contributed by atoms with E-state index in [4.69, 9.17) is 0 Å². The van der Waals surface area contributed by atoms with Crippen LogP contribution in [0.1, 0.15) is 23.6 Å². The Hall–Kier alpha value is -1.88. The summed E-state index contributed by atoms with van der Waals surface area (Å²) in [7, 11) is 0. The minimum atomic E-state index is -4.28. The van der Waals surface area contributed by atoms with E-state index >= 15 is 0 Å². The molecule has 2 rings (SSSR count). The van der Waals surface area contributed by atoms with Crippen LogP contribution in [0.15, 0.2) is 48.8 Å². The van der Waals surface area contributed by atoms with E-state index in [1.807, 2.05) is 19.1 Å². The standard InChI is InChI=1S/C16H17F3N2/c1-2-21(12-14-7-9-20-10-8-14)11-13-3-5-15(6-4-13)16(17,18)19/h3-10H,2,11-12H2,1H3. The highest BCUT2D eigenvalue weighted by Crippen LogP contribution is 2.29. The molecule has 0 aliphatic heterocycles. The first kappa shape index (κ1) is 15.5. The topological polar surface area (TPSA) is 16.1 Å². The van der Waals surface area contributed by atoms with Crippen LogP contribution in [0, 0.1) is 0 Å². The van der Waals surface area contributed by atoms with Crippen molar-refractivity contribution < 1.29 is 13.2 Å². The predicted molar refractivity (Wildman–Crippen MR) is 75.5 cm³/mol. The first-order valence-corrected chi connectivity index (χ1v) is 6.76. The van der Waals surface area contributed by atoms with Crippen molar-refractivity contribution in [1.29, 1.82) is 0 Å². The van der Waals surface area contributed by atoms with E-state index in [9.17, 15) is 13.2 Å². The van der Waals surface area contributed by atoms with Crippen molar-refractivity contribution in [1.82, 2.24) is 9.88 Å². The maximum Gasteiger partial charge on any atom is 0.416 e. The molecule has 1 heterocycles. The summed E-state index contributed by atoms with van der Waals surface area (Å²) < 4.78 is 37.6. The Kier molecular flexibility index (Phi) is 4.96. The number of hydrogen-bond donors (Lipinski definition) is 0. The maximum absolute atomic E-state index is 12.5. The number of aromatic nitrogens is 1. The lowest BCUT2D eigenvalue weighted by atomic mass is 10.1. The van der Waals surface area contributed by atoms with Gasteiger partial charge in [-0.15, -0.1) is 0 Å². The third-order valence-electron chi connectivity index (χ3n) is 3.29. The van der Waals surface area contributed by atoms with Gasteiger partial charge in [-0.1, -0.05) is 19.1 Å². The SMILES string of the molecule is CCN(Cc1ccncc1)Cc1ccc(C(F)(F)F)cc1. The summed E-state index contributed by atoms with van der Waals surface area (Å²) in [5.41, 5.74) is 1.40. The molecule has 2 nitrogen and oxygen atoms in total. The summed E-state index contributed by atoms with van der Waals surface area (Å²) in [6, 6.07) is 9.23. The van der Waals surface area contributed by atoms with Crippen LogP contribution in [-0.2, 0) is 19.3 Å². The molecule has 1 aromatic carbocycles. The van der Waals surface area contributed by atoms with E-state index in [1.165, 1.54) is 12.1 Å². The second-order valence-electron chi connectivity index (χ2n) is 4.85. The Morgan fingerprint density at radius 1 is 0.905 bits per heavy atom. The summed E-state index contributed by atoms with van der Waals surface area (Å²) >= 11 is 0. The van der Waals surface area contributed by atoms with Crippen LogP contribution >= 0.6 is 0 Å². The van der Waals surface area contributed by atoms with E-state index in [2.05, 4.69) is 9.88 Å². The molecule has 21 heavy (non-hydrogen) atoms. The summed E-state index contributed by atoms with van der Waals surface area (Å²) in [6.45, 7) is 4.23. The van der Waals surface area contributed by atoms with Crippen LogP contribution in [0.25, 0.3) is 0 Å². The van der Waals surface area contributed by atoms with Crippen LogP contribution in [0.4, 0.5) is 13.2 Å². The highest BCUT2D eigenvalue weighted by Gasteiger charge is 2.29. The third-order valence-corrected chi connectivity index (χ3v) is 3.29. The van der Waals surface area contributed by atoms with Crippen molar-refractivity contribution >= 4 is 0 Å². The first-order valence-electron chi connectivity index (χ1n) is 6.76. The van der Waals surface area contributed by atoms with Crippen LogP contribution in [-0.4, -0.2) is 16.4 Å². The molecule has 0 saturated carbocycles. The molecule has 0 fully saturated rings. The van der Waals surface area contributed by atoms with E-state index in [1.54, 1.807) is 12.4 Å². The fraction of sp³-hybridized carbons (Fsp3) is 0.312. The van der Waals surface area contributed by atoms with Crippen LogP contribution in [0.3, 0.4) is 0 Å². The average Bonchev–Trinajstić information content (AvgIpc) is 2.47. The zero-order chi connectivity index (χ0) is 15.3. The van der Waals surface area contributed by atoms with Gasteiger partial charge in [0.15, 0.2) is 0 Å². The number of rotatable bonds is 5. The van der Waals surface area contributed by atoms with Crippen molar-refractivity contribution in [3.63, 3.8) is 0 Å². The van der Waals surface area contributed by atoms with E-state index < -0.39 is 11.7 Å².